The molecule has 0 aliphatic carbocycles. The zero-order valence-electron chi connectivity index (χ0n) is 77.3. The molecule has 0 saturated heterocycles. The van der Waals surface area contributed by atoms with E-state index in [0.29, 0.717) is 0 Å². The van der Waals surface area contributed by atoms with Crippen molar-refractivity contribution in [1.82, 2.24) is 27.4 Å². The van der Waals surface area contributed by atoms with Crippen LogP contribution in [0.1, 0.15) is 0 Å². The Balaban J connectivity index is 0.000000100. The summed E-state index contributed by atoms with van der Waals surface area (Å²) in [4.78, 5) is 0. The van der Waals surface area contributed by atoms with E-state index in [0.717, 1.165) is 17.1 Å². The summed E-state index contributed by atoms with van der Waals surface area (Å²) < 4.78 is 22.7. The molecule has 0 amide bonds. The molecule has 666 valence electrons. The lowest BCUT2D eigenvalue weighted by Crippen LogP contribution is -1.96. The Kier molecular flexibility index (Phi) is 18.3. The van der Waals surface area contributed by atoms with Gasteiger partial charge in [0.2, 0.25) is 0 Å². The molecule has 0 N–H and O–H groups in total. The van der Waals surface area contributed by atoms with E-state index in [9.17, 15) is 0 Å². The van der Waals surface area contributed by atoms with Gasteiger partial charge in [0.05, 0.1) is 66.2 Å². The van der Waals surface area contributed by atoms with Crippen molar-refractivity contribution in [2.24, 2.45) is 0 Å². The molecule has 9 heteroatoms. The van der Waals surface area contributed by atoms with Gasteiger partial charge in [-0.05, 0) is 225 Å². The van der Waals surface area contributed by atoms with Gasteiger partial charge >= 0.3 is 0 Å². The molecule has 9 heterocycles. The van der Waals surface area contributed by atoms with Crippen LogP contribution in [0.5, 0.6) is 0 Å². The summed E-state index contributed by atoms with van der Waals surface area (Å²) in [5, 5.41) is 28.4. The summed E-state index contributed by atoms with van der Waals surface area (Å²) in [7, 11) is 0. The van der Waals surface area contributed by atoms with Gasteiger partial charge in [0.1, 0.15) is 0 Å². The first-order valence-corrected chi connectivity index (χ1v) is 51.3. The Bertz CT molecular complexity index is 10900. The molecule has 0 aliphatic heterocycles. The fourth-order valence-electron chi connectivity index (χ4n) is 23.4. The van der Waals surface area contributed by atoms with Gasteiger partial charge in [0, 0.05) is 159 Å². The Labute approximate surface area is 832 Å². The number of aromatic nitrogens is 6. The number of fused-ring (bicyclic) bond motifs is 32. The number of thiophene rings is 3. The van der Waals surface area contributed by atoms with Gasteiger partial charge in [0.15, 0.2) is 0 Å². The maximum absolute atomic E-state index is 2.46. The van der Waals surface area contributed by atoms with Crippen LogP contribution in [0.2, 0.25) is 0 Å². The smallest absolute Gasteiger partial charge is 0.0562 e. The van der Waals surface area contributed by atoms with Crippen molar-refractivity contribution in [3.05, 3.63) is 497 Å². The monoisotopic (exact) mass is 1870 g/mol. The Morgan fingerprint density at radius 1 is 0.119 bits per heavy atom. The molecule has 32 rings (SSSR count). The molecular formula is C134H82N6S3. The number of rotatable bonds is 9. The minimum absolute atomic E-state index is 1.16. The standard InChI is InChI=1S/C48H30N2S.C46H28N2S.C40H24N2S/c1-4-13-31(14-5-1)33-17-12-20-36(27-33)50-42-22-11-10-21-37(42)40-29-41-45(30-44(40)50)49(35-18-8-3-9-19-35)43-26-25-39-38-24-23-34(32-15-6-2-7-16-32)28-46(38)51-48(39)47(41)43;1-2-12-33(13-3-1)48-41-25-24-37-36-15-7-9-17-44(36)49-46(37)45(41)39-27-38-35-14-6-8-16-40(35)47(42(38)28-43(39)48)34-22-20-30(21-23-34)32-19-18-29-10-4-5-11-31(29)26-32;1-2-12-27(13-3-1)41-35-21-20-31-30-15-7-9-17-38(30)43-40(31)39(35)33-23-32-29-14-6-8-16-34(29)42(36(32)24-37(33)41)28-19-18-25-10-4-5-11-26(25)22-28/h1-30H;1-28H;1-24H. The zero-order valence-corrected chi connectivity index (χ0v) is 79.7. The second-order valence-corrected chi connectivity index (χ2v) is 40.8. The van der Waals surface area contributed by atoms with Crippen molar-refractivity contribution >= 4 is 247 Å². The number of benzene rings is 23. The molecule has 0 unspecified atom stereocenters. The summed E-state index contributed by atoms with van der Waals surface area (Å²) in [5.74, 6) is 0. The van der Waals surface area contributed by atoms with Gasteiger partial charge in [-0.3, -0.25) is 0 Å². The van der Waals surface area contributed by atoms with Crippen molar-refractivity contribution in [2.75, 3.05) is 0 Å². The van der Waals surface area contributed by atoms with Crippen LogP contribution in [0.4, 0.5) is 0 Å². The third kappa shape index (κ3) is 12.7. The van der Waals surface area contributed by atoms with Crippen molar-refractivity contribution in [2.45, 2.75) is 0 Å². The van der Waals surface area contributed by atoms with Crippen LogP contribution in [0, 0.1) is 0 Å². The van der Waals surface area contributed by atoms with Gasteiger partial charge in [-0.15, -0.1) is 34.0 Å². The molecule has 143 heavy (non-hydrogen) atoms. The first-order valence-electron chi connectivity index (χ1n) is 48.9. The van der Waals surface area contributed by atoms with E-state index in [2.05, 4.69) is 525 Å². The molecule has 9 aromatic heterocycles. The maximum Gasteiger partial charge on any atom is 0.0562 e. The van der Waals surface area contributed by atoms with Gasteiger partial charge in [-0.25, -0.2) is 0 Å². The average molecular weight is 1870 g/mol. The van der Waals surface area contributed by atoms with E-state index >= 15 is 0 Å². The minimum Gasteiger partial charge on any atom is -0.309 e. The number of nitrogens with zero attached hydrogens (tertiary/aromatic N) is 6. The van der Waals surface area contributed by atoms with E-state index < -0.39 is 0 Å². The number of hydrogen-bond acceptors (Lipinski definition) is 3. The molecule has 32 aromatic rings. The highest BCUT2D eigenvalue weighted by Gasteiger charge is 2.28. The molecule has 6 nitrogen and oxygen atoms in total. The van der Waals surface area contributed by atoms with Crippen LogP contribution in [-0.4, -0.2) is 27.4 Å². The molecular weight excluding hydrogens is 1790 g/mol. The summed E-state index contributed by atoms with van der Waals surface area (Å²) in [5.41, 5.74) is 29.0. The molecule has 0 aliphatic rings. The SMILES string of the molecule is c1ccc(-c2cccc(-n3c4ccccc4c4cc5c6c7sc8cc(-c9ccccc9)ccc8c7ccc6n(-c6ccccc6)c5cc43)c2)cc1.c1ccc(-n2c3cc4c(cc3c3c5sc6ccccc6c5ccc32)c2ccccc2n4-c2ccc(-c3ccc4ccccc4c3)cc2)cc1.c1ccc(-n2c3cc4c(cc3c3c5sc6ccccc6c5ccc32)c2ccccc2n4-c2ccc3ccccc3c2)cc1. The molecule has 0 fully saturated rings. The lowest BCUT2D eigenvalue weighted by atomic mass is 10.0. The molecule has 23 aromatic carbocycles. The van der Waals surface area contributed by atoms with Crippen molar-refractivity contribution < 1.29 is 0 Å². The van der Waals surface area contributed by atoms with Crippen molar-refractivity contribution in [3.63, 3.8) is 0 Å². The van der Waals surface area contributed by atoms with Crippen LogP contribution >= 0.6 is 34.0 Å². The van der Waals surface area contributed by atoms with E-state index in [-0.39, 0.29) is 0 Å². The predicted octanol–water partition coefficient (Wildman–Crippen LogP) is 38.1. The second kappa shape index (κ2) is 32.3. The Morgan fingerprint density at radius 3 is 0.853 bits per heavy atom. The predicted molar refractivity (Wildman–Crippen MR) is 615 cm³/mol. The summed E-state index contributed by atoms with van der Waals surface area (Å²) in [6, 6.07) is 182. The molecule has 0 saturated carbocycles. The van der Waals surface area contributed by atoms with E-state index in [1.54, 1.807) is 0 Å². The van der Waals surface area contributed by atoms with Crippen molar-refractivity contribution in [1.29, 1.82) is 0 Å². The summed E-state index contributed by atoms with van der Waals surface area (Å²) in [6.07, 6.45) is 0. The average Bonchev–Trinajstić information content (AvgIpc) is 1.55. The Morgan fingerprint density at radius 2 is 0.399 bits per heavy atom. The summed E-state index contributed by atoms with van der Waals surface area (Å²) in [6.45, 7) is 0. The van der Waals surface area contributed by atoms with E-state index in [1.165, 1.54) is 263 Å². The lowest BCUT2D eigenvalue weighted by Gasteiger charge is -2.11. The lowest BCUT2D eigenvalue weighted by molar-refractivity contribution is 1.16. The third-order valence-corrected chi connectivity index (χ3v) is 33.4. The van der Waals surface area contributed by atoms with Crippen LogP contribution in [0.25, 0.3) is 280 Å². The number of para-hydroxylation sites is 6. The van der Waals surface area contributed by atoms with Crippen LogP contribution in [0.3, 0.4) is 0 Å². The van der Waals surface area contributed by atoms with Gasteiger partial charge < -0.3 is 27.4 Å². The quantitative estimate of drug-likeness (QED) is 0.138. The highest BCUT2D eigenvalue weighted by Crippen LogP contribution is 2.52. The van der Waals surface area contributed by atoms with Crippen LogP contribution in [-0.2, 0) is 0 Å². The summed E-state index contributed by atoms with van der Waals surface area (Å²) >= 11 is 5.73. The topological polar surface area (TPSA) is 29.6 Å². The Hall–Kier alpha value is -18.0. The number of hydrogen-bond donors (Lipinski definition) is 0. The highest BCUT2D eigenvalue weighted by molar-refractivity contribution is 7.27. The van der Waals surface area contributed by atoms with Crippen molar-refractivity contribution in [3.8, 4) is 67.5 Å². The van der Waals surface area contributed by atoms with Crippen LogP contribution < -0.4 is 0 Å². The molecule has 0 radical (unpaired) electrons. The third-order valence-electron chi connectivity index (χ3n) is 29.9. The molecule has 0 bridgehead atoms. The second-order valence-electron chi connectivity index (χ2n) is 37.7. The van der Waals surface area contributed by atoms with E-state index in [4.69, 9.17) is 0 Å². The normalized spacial score (nSPS) is 12.1. The van der Waals surface area contributed by atoms with Gasteiger partial charge in [-0.2, -0.15) is 0 Å². The first kappa shape index (κ1) is 81.1. The fourth-order valence-corrected chi connectivity index (χ4v) is 27.3. The highest BCUT2D eigenvalue weighted by atomic mass is 32.1. The largest absolute Gasteiger partial charge is 0.309 e. The maximum atomic E-state index is 2.46. The van der Waals surface area contributed by atoms with Gasteiger partial charge in [-0.1, -0.05) is 328 Å². The van der Waals surface area contributed by atoms with Crippen LogP contribution in [0.15, 0.2) is 497 Å². The molecule has 0 spiro atoms. The zero-order chi connectivity index (χ0) is 93.6. The first-order chi connectivity index (χ1) is 70.9. The fraction of sp³-hybridized carbons (Fsp3) is 0. The van der Waals surface area contributed by atoms with E-state index in [1.807, 2.05) is 34.0 Å². The van der Waals surface area contributed by atoms with Gasteiger partial charge in [0.25, 0.3) is 0 Å². The molecule has 0 atom stereocenters. The minimum atomic E-state index is 1.16.